The van der Waals surface area contributed by atoms with Gasteiger partial charge >= 0.3 is 0 Å². The lowest BCUT2D eigenvalue weighted by atomic mass is 9.82. The monoisotopic (exact) mass is 401 g/mol. The molecular formula is C24H29F2NO2. The largest absolute Gasteiger partial charge is 0.493 e. The third-order valence-electron chi connectivity index (χ3n) is 6.36. The molecule has 3 nitrogen and oxygen atoms in total. The molecule has 0 spiro atoms. The molecule has 2 heterocycles. The van der Waals surface area contributed by atoms with Crippen LogP contribution in [0.15, 0.2) is 42.5 Å². The van der Waals surface area contributed by atoms with E-state index in [9.17, 15) is 8.78 Å². The summed E-state index contributed by atoms with van der Waals surface area (Å²) in [6.07, 6.45) is 3.82. The molecule has 2 aliphatic rings. The Morgan fingerprint density at radius 3 is 2.72 bits per heavy atom. The van der Waals surface area contributed by atoms with Gasteiger partial charge in [0.2, 0.25) is 0 Å². The molecule has 0 aromatic heterocycles. The highest BCUT2D eigenvalue weighted by atomic mass is 19.1. The van der Waals surface area contributed by atoms with Gasteiger partial charge in [-0.15, -0.1) is 0 Å². The molecule has 0 bridgehead atoms. The second-order valence-electron chi connectivity index (χ2n) is 8.32. The molecule has 2 aromatic carbocycles. The van der Waals surface area contributed by atoms with Crippen molar-refractivity contribution < 1.29 is 18.3 Å². The van der Waals surface area contributed by atoms with Crippen molar-refractivity contribution in [2.45, 2.75) is 38.6 Å². The lowest BCUT2D eigenvalue weighted by Gasteiger charge is -2.35. The molecule has 0 amide bonds. The molecule has 2 atom stereocenters. The Bertz CT molecular complexity index is 826. The van der Waals surface area contributed by atoms with E-state index in [2.05, 4.69) is 4.90 Å². The molecule has 1 fully saturated rings. The van der Waals surface area contributed by atoms with Crippen molar-refractivity contribution in [2.75, 3.05) is 32.9 Å². The summed E-state index contributed by atoms with van der Waals surface area (Å²) < 4.78 is 38.7. The zero-order valence-electron chi connectivity index (χ0n) is 17.0. The van der Waals surface area contributed by atoms with E-state index in [1.165, 1.54) is 18.2 Å². The molecule has 2 aliphatic heterocycles. The van der Waals surface area contributed by atoms with Crippen molar-refractivity contribution in [1.29, 1.82) is 0 Å². The molecule has 1 saturated heterocycles. The van der Waals surface area contributed by atoms with Gasteiger partial charge in [-0.05, 0) is 68.6 Å². The van der Waals surface area contributed by atoms with Crippen LogP contribution in [0, 0.1) is 17.0 Å². The number of rotatable bonds is 7. The SMILES string of the molecule is CCOCC1(CCc2ccc(F)cc2)CCN(C2CCOc3ccc(F)cc32)C1. The van der Waals surface area contributed by atoms with E-state index in [0.717, 1.165) is 62.3 Å². The molecule has 0 saturated carbocycles. The van der Waals surface area contributed by atoms with Crippen LogP contribution in [0.4, 0.5) is 8.78 Å². The summed E-state index contributed by atoms with van der Waals surface area (Å²) in [7, 11) is 0. The van der Waals surface area contributed by atoms with Crippen LogP contribution in [0.3, 0.4) is 0 Å². The first-order valence-electron chi connectivity index (χ1n) is 10.6. The Hall–Kier alpha value is -1.98. The highest BCUT2D eigenvalue weighted by Gasteiger charge is 2.41. The molecular weight excluding hydrogens is 372 g/mol. The van der Waals surface area contributed by atoms with E-state index in [4.69, 9.17) is 9.47 Å². The van der Waals surface area contributed by atoms with Crippen LogP contribution >= 0.6 is 0 Å². The number of hydrogen-bond donors (Lipinski definition) is 0. The number of ether oxygens (including phenoxy) is 2. The minimum Gasteiger partial charge on any atom is -0.493 e. The van der Waals surface area contributed by atoms with E-state index in [0.29, 0.717) is 13.2 Å². The fourth-order valence-electron chi connectivity index (χ4n) is 4.74. The number of hydrogen-bond acceptors (Lipinski definition) is 3. The van der Waals surface area contributed by atoms with E-state index in [1.54, 1.807) is 12.1 Å². The van der Waals surface area contributed by atoms with Gasteiger partial charge in [0.15, 0.2) is 0 Å². The third-order valence-corrected chi connectivity index (χ3v) is 6.36. The first-order valence-corrected chi connectivity index (χ1v) is 10.6. The van der Waals surface area contributed by atoms with Crippen LogP contribution in [0.25, 0.3) is 0 Å². The van der Waals surface area contributed by atoms with E-state index >= 15 is 0 Å². The smallest absolute Gasteiger partial charge is 0.124 e. The van der Waals surface area contributed by atoms with Gasteiger partial charge in [-0.3, -0.25) is 4.90 Å². The molecule has 4 rings (SSSR count). The minimum absolute atomic E-state index is 0.0657. The zero-order chi connectivity index (χ0) is 20.3. The van der Waals surface area contributed by atoms with E-state index in [-0.39, 0.29) is 23.1 Å². The second-order valence-corrected chi connectivity index (χ2v) is 8.32. The van der Waals surface area contributed by atoms with Gasteiger partial charge in [-0.1, -0.05) is 12.1 Å². The lowest BCUT2D eigenvalue weighted by Crippen LogP contribution is -2.35. The molecule has 0 radical (unpaired) electrons. The predicted molar refractivity (Wildman–Crippen MR) is 109 cm³/mol. The topological polar surface area (TPSA) is 21.7 Å². The summed E-state index contributed by atoms with van der Waals surface area (Å²) in [6, 6.07) is 11.8. The van der Waals surface area contributed by atoms with Crippen LogP contribution in [-0.4, -0.2) is 37.8 Å². The number of benzene rings is 2. The predicted octanol–water partition coefficient (Wildman–Crippen LogP) is 5.15. The summed E-state index contributed by atoms with van der Waals surface area (Å²) in [5.74, 6) is 0.391. The van der Waals surface area contributed by atoms with Gasteiger partial charge < -0.3 is 9.47 Å². The average Bonchev–Trinajstić information content (AvgIpc) is 3.16. The van der Waals surface area contributed by atoms with Gasteiger partial charge in [0.1, 0.15) is 17.4 Å². The molecule has 5 heteroatoms. The number of halogens is 2. The minimum atomic E-state index is -0.213. The third kappa shape index (κ3) is 4.62. The summed E-state index contributed by atoms with van der Waals surface area (Å²) >= 11 is 0. The maximum atomic E-state index is 13.9. The number of aryl methyl sites for hydroxylation is 1. The summed E-state index contributed by atoms with van der Waals surface area (Å²) in [4.78, 5) is 2.48. The Balaban J connectivity index is 1.49. The van der Waals surface area contributed by atoms with Crippen LogP contribution in [0.1, 0.15) is 43.4 Å². The molecule has 2 aromatic rings. The number of nitrogens with zero attached hydrogens (tertiary/aromatic N) is 1. The van der Waals surface area contributed by atoms with Gasteiger partial charge in [-0.25, -0.2) is 8.78 Å². The Morgan fingerprint density at radius 1 is 1.14 bits per heavy atom. The average molecular weight is 401 g/mol. The molecule has 2 unspecified atom stereocenters. The van der Waals surface area contributed by atoms with Crippen molar-refractivity contribution in [2.24, 2.45) is 5.41 Å². The van der Waals surface area contributed by atoms with Gasteiger partial charge in [0.05, 0.1) is 13.2 Å². The molecule has 0 N–H and O–H groups in total. The van der Waals surface area contributed by atoms with Crippen LogP contribution in [0.5, 0.6) is 5.75 Å². The summed E-state index contributed by atoms with van der Waals surface area (Å²) in [5.41, 5.74) is 2.18. The Morgan fingerprint density at radius 2 is 1.93 bits per heavy atom. The van der Waals surface area contributed by atoms with Crippen LogP contribution in [-0.2, 0) is 11.2 Å². The fourth-order valence-corrected chi connectivity index (χ4v) is 4.74. The molecule has 0 aliphatic carbocycles. The van der Waals surface area contributed by atoms with Crippen molar-refractivity contribution in [3.8, 4) is 5.75 Å². The van der Waals surface area contributed by atoms with Crippen molar-refractivity contribution >= 4 is 0 Å². The zero-order valence-corrected chi connectivity index (χ0v) is 17.0. The van der Waals surface area contributed by atoms with Gasteiger partial charge in [0.25, 0.3) is 0 Å². The highest BCUT2D eigenvalue weighted by Crippen LogP contribution is 2.43. The first kappa shape index (κ1) is 20.3. The van der Waals surface area contributed by atoms with Gasteiger partial charge in [-0.2, -0.15) is 0 Å². The number of likely N-dealkylation sites (tertiary alicyclic amines) is 1. The summed E-state index contributed by atoms with van der Waals surface area (Å²) in [5, 5.41) is 0. The normalized spacial score (nSPS) is 24.3. The second kappa shape index (κ2) is 8.80. The fraction of sp³-hybridized carbons (Fsp3) is 0.500. The maximum Gasteiger partial charge on any atom is 0.124 e. The van der Waals surface area contributed by atoms with Crippen LogP contribution < -0.4 is 4.74 Å². The highest BCUT2D eigenvalue weighted by molar-refractivity contribution is 5.38. The van der Waals surface area contributed by atoms with E-state index in [1.807, 2.05) is 19.1 Å². The summed E-state index contributed by atoms with van der Waals surface area (Å²) in [6.45, 7) is 6.00. The standard InChI is InChI=1S/C24H29F2NO2/c1-2-28-17-24(11-9-18-3-5-19(25)6-4-18)12-13-27(16-24)22-10-14-29-23-8-7-20(26)15-21(22)23/h3-8,15,22H,2,9-14,16-17H2,1H3. The van der Waals surface area contributed by atoms with Crippen molar-refractivity contribution in [1.82, 2.24) is 4.90 Å². The van der Waals surface area contributed by atoms with E-state index < -0.39 is 0 Å². The Labute approximate surface area is 171 Å². The first-order chi connectivity index (χ1) is 14.1. The van der Waals surface area contributed by atoms with Gasteiger partial charge in [0, 0.05) is 36.6 Å². The van der Waals surface area contributed by atoms with Crippen molar-refractivity contribution in [3.05, 3.63) is 65.2 Å². The number of fused-ring (bicyclic) bond motifs is 1. The molecule has 156 valence electrons. The van der Waals surface area contributed by atoms with Crippen molar-refractivity contribution in [3.63, 3.8) is 0 Å². The lowest BCUT2D eigenvalue weighted by molar-refractivity contribution is 0.0435. The quantitative estimate of drug-likeness (QED) is 0.640. The Kier molecular flexibility index (Phi) is 6.16. The molecule has 29 heavy (non-hydrogen) atoms. The maximum absolute atomic E-state index is 13.9. The van der Waals surface area contributed by atoms with Crippen LogP contribution in [0.2, 0.25) is 0 Å².